The molecule has 0 fully saturated rings. The van der Waals surface area contributed by atoms with Crippen LogP contribution in [-0.2, 0) is 6.18 Å². The molecule has 4 aromatic rings. The van der Waals surface area contributed by atoms with Crippen molar-refractivity contribution in [1.29, 1.82) is 0 Å². The van der Waals surface area contributed by atoms with E-state index in [1.165, 1.54) is 36.3 Å². The van der Waals surface area contributed by atoms with Crippen molar-refractivity contribution in [2.45, 2.75) is 16.4 Å². The Morgan fingerprint density at radius 2 is 1.80 bits per heavy atom. The third kappa shape index (κ3) is 4.08. The highest BCUT2D eigenvalue weighted by Gasteiger charge is 2.34. The number of aromatic nitrogens is 7. The Hall–Kier alpha value is -3.54. The molecule has 3 heterocycles. The molecule has 0 spiro atoms. The summed E-state index contributed by atoms with van der Waals surface area (Å²) in [5.41, 5.74) is -0.127. The van der Waals surface area contributed by atoms with E-state index in [-0.39, 0.29) is 16.0 Å². The Labute approximate surface area is 172 Å². The summed E-state index contributed by atoms with van der Waals surface area (Å²) in [6, 6.07) is 10.9. The van der Waals surface area contributed by atoms with Crippen LogP contribution in [0.3, 0.4) is 0 Å². The summed E-state index contributed by atoms with van der Waals surface area (Å²) >= 11 is 0.879. The van der Waals surface area contributed by atoms with Crippen molar-refractivity contribution in [2.75, 3.05) is 7.11 Å². The number of para-hydroxylation sites is 2. The van der Waals surface area contributed by atoms with Crippen LogP contribution >= 0.6 is 11.8 Å². The molecular weight excluding hydrogens is 419 g/mol. The van der Waals surface area contributed by atoms with Crippen LogP contribution in [0.1, 0.15) is 5.69 Å². The maximum atomic E-state index is 13.4. The predicted molar refractivity (Wildman–Crippen MR) is 100 cm³/mol. The van der Waals surface area contributed by atoms with E-state index in [2.05, 4.69) is 30.5 Å². The second kappa shape index (κ2) is 8.06. The Morgan fingerprint density at radius 3 is 2.53 bits per heavy atom. The first-order valence-electron chi connectivity index (χ1n) is 8.42. The molecule has 4 rings (SSSR count). The lowest BCUT2D eigenvalue weighted by atomic mass is 10.2. The van der Waals surface area contributed by atoms with E-state index < -0.39 is 11.9 Å². The molecule has 0 aliphatic heterocycles. The van der Waals surface area contributed by atoms with Crippen LogP contribution < -0.4 is 4.74 Å². The molecule has 0 saturated carbocycles. The second-order valence-electron chi connectivity index (χ2n) is 5.80. The zero-order valence-electron chi connectivity index (χ0n) is 15.3. The standard InChI is InChI=1S/C18H12F3N7OS/c1-29-13-5-3-2-4-12(13)28-17(25-26-27-28)30-15-10-14(18(19,20)21)23-16(24-15)11-6-8-22-9-7-11/h2-10H,1H3. The number of benzene rings is 1. The molecule has 0 saturated heterocycles. The smallest absolute Gasteiger partial charge is 0.433 e. The summed E-state index contributed by atoms with van der Waals surface area (Å²) < 4.78 is 46.9. The summed E-state index contributed by atoms with van der Waals surface area (Å²) in [5, 5.41) is 11.7. The maximum Gasteiger partial charge on any atom is 0.433 e. The number of pyridine rings is 1. The van der Waals surface area contributed by atoms with Gasteiger partial charge in [-0.05, 0) is 46.5 Å². The molecule has 0 aliphatic rings. The van der Waals surface area contributed by atoms with Crippen LogP contribution in [0.25, 0.3) is 17.1 Å². The molecule has 1 aromatic carbocycles. The van der Waals surface area contributed by atoms with Crippen LogP contribution in [0.2, 0.25) is 0 Å². The molecule has 0 bridgehead atoms. The fourth-order valence-electron chi connectivity index (χ4n) is 2.54. The largest absolute Gasteiger partial charge is 0.494 e. The Bertz CT molecular complexity index is 1170. The van der Waals surface area contributed by atoms with Crippen LogP contribution in [-0.4, -0.2) is 42.3 Å². The summed E-state index contributed by atoms with van der Waals surface area (Å²) in [7, 11) is 1.50. The van der Waals surface area contributed by atoms with E-state index in [1.54, 1.807) is 24.3 Å². The molecule has 0 N–H and O–H groups in total. The number of alkyl halides is 3. The lowest BCUT2D eigenvalue weighted by Crippen LogP contribution is -2.10. The van der Waals surface area contributed by atoms with Gasteiger partial charge in [0.1, 0.15) is 22.2 Å². The van der Waals surface area contributed by atoms with Gasteiger partial charge in [-0.25, -0.2) is 9.97 Å². The van der Waals surface area contributed by atoms with Gasteiger partial charge in [0.2, 0.25) is 5.16 Å². The minimum Gasteiger partial charge on any atom is -0.494 e. The molecule has 30 heavy (non-hydrogen) atoms. The summed E-state index contributed by atoms with van der Waals surface area (Å²) in [6.45, 7) is 0. The maximum absolute atomic E-state index is 13.4. The van der Waals surface area contributed by atoms with E-state index in [0.717, 1.165) is 17.8 Å². The minimum atomic E-state index is -4.64. The molecule has 0 atom stereocenters. The van der Waals surface area contributed by atoms with Crippen molar-refractivity contribution in [3.63, 3.8) is 0 Å². The van der Waals surface area contributed by atoms with Gasteiger partial charge in [0.05, 0.1) is 7.11 Å². The predicted octanol–water partition coefficient (Wildman–Crippen LogP) is 3.69. The van der Waals surface area contributed by atoms with Crippen molar-refractivity contribution < 1.29 is 17.9 Å². The lowest BCUT2D eigenvalue weighted by Gasteiger charge is -2.11. The van der Waals surface area contributed by atoms with Gasteiger partial charge in [-0.2, -0.15) is 17.9 Å². The molecule has 0 unspecified atom stereocenters. The number of tetrazole rings is 1. The first-order chi connectivity index (χ1) is 14.5. The number of hydrogen-bond acceptors (Lipinski definition) is 8. The minimum absolute atomic E-state index is 0.0371. The highest BCUT2D eigenvalue weighted by atomic mass is 32.2. The fourth-order valence-corrected chi connectivity index (χ4v) is 3.33. The van der Waals surface area contributed by atoms with Gasteiger partial charge < -0.3 is 4.74 Å². The number of methoxy groups -OCH3 is 1. The molecule has 0 amide bonds. The SMILES string of the molecule is COc1ccccc1-n1nnnc1Sc1cc(C(F)(F)F)nc(-c2ccncc2)n1. The molecule has 152 valence electrons. The third-order valence-electron chi connectivity index (χ3n) is 3.88. The Kier molecular flexibility index (Phi) is 5.31. The van der Waals surface area contributed by atoms with Crippen LogP contribution in [0.5, 0.6) is 5.75 Å². The molecule has 3 aromatic heterocycles. The zero-order valence-corrected chi connectivity index (χ0v) is 16.1. The average Bonchev–Trinajstić information content (AvgIpc) is 3.21. The van der Waals surface area contributed by atoms with Crippen molar-refractivity contribution in [3.8, 4) is 22.8 Å². The van der Waals surface area contributed by atoms with Gasteiger partial charge in [-0.3, -0.25) is 4.98 Å². The Morgan fingerprint density at radius 1 is 1.03 bits per heavy atom. The van der Waals surface area contributed by atoms with Crippen molar-refractivity contribution >= 4 is 11.8 Å². The fraction of sp³-hybridized carbons (Fsp3) is 0.111. The Balaban J connectivity index is 1.77. The first-order valence-corrected chi connectivity index (χ1v) is 9.23. The third-order valence-corrected chi connectivity index (χ3v) is 4.74. The number of rotatable bonds is 5. The quantitative estimate of drug-likeness (QED) is 0.442. The van der Waals surface area contributed by atoms with Crippen LogP contribution in [0.15, 0.2) is 65.0 Å². The van der Waals surface area contributed by atoms with Gasteiger partial charge in [-0.1, -0.05) is 12.1 Å². The van der Waals surface area contributed by atoms with Crippen LogP contribution in [0, 0.1) is 0 Å². The number of ether oxygens (including phenoxy) is 1. The molecule has 0 radical (unpaired) electrons. The average molecular weight is 431 g/mol. The van der Waals surface area contributed by atoms with Crippen LogP contribution in [0.4, 0.5) is 13.2 Å². The number of hydrogen-bond donors (Lipinski definition) is 0. The molecule has 0 aliphatic carbocycles. The van der Waals surface area contributed by atoms with E-state index in [9.17, 15) is 13.2 Å². The molecule has 12 heteroatoms. The highest BCUT2D eigenvalue weighted by Crippen LogP contribution is 2.34. The molecule has 8 nitrogen and oxygen atoms in total. The summed E-state index contributed by atoms with van der Waals surface area (Å²) in [6.07, 6.45) is -1.74. The van der Waals surface area contributed by atoms with Crippen molar-refractivity contribution in [2.24, 2.45) is 0 Å². The van der Waals surface area contributed by atoms with Gasteiger partial charge in [-0.15, -0.1) is 5.10 Å². The number of nitrogens with zero attached hydrogens (tertiary/aromatic N) is 7. The first kappa shape index (κ1) is 19.8. The van der Waals surface area contributed by atoms with E-state index in [4.69, 9.17) is 4.74 Å². The van der Waals surface area contributed by atoms with E-state index >= 15 is 0 Å². The topological polar surface area (TPSA) is 91.5 Å². The summed E-state index contributed by atoms with van der Waals surface area (Å²) in [5.74, 6) is 0.425. The number of halogens is 3. The van der Waals surface area contributed by atoms with Gasteiger partial charge >= 0.3 is 6.18 Å². The summed E-state index contributed by atoms with van der Waals surface area (Å²) in [4.78, 5) is 11.8. The second-order valence-corrected chi connectivity index (χ2v) is 6.78. The van der Waals surface area contributed by atoms with Crippen molar-refractivity contribution in [1.82, 2.24) is 35.2 Å². The van der Waals surface area contributed by atoms with E-state index in [1.807, 2.05) is 0 Å². The van der Waals surface area contributed by atoms with Crippen molar-refractivity contribution in [3.05, 3.63) is 60.6 Å². The van der Waals surface area contributed by atoms with E-state index in [0.29, 0.717) is 17.0 Å². The monoisotopic (exact) mass is 431 g/mol. The van der Waals surface area contributed by atoms with Gasteiger partial charge in [0.15, 0.2) is 5.82 Å². The highest BCUT2D eigenvalue weighted by molar-refractivity contribution is 7.99. The zero-order chi connectivity index (χ0) is 21.1. The lowest BCUT2D eigenvalue weighted by molar-refractivity contribution is -0.141. The van der Waals surface area contributed by atoms with Gasteiger partial charge in [0.25, 0.3) is 0 Å². The normalized spacial score (nSPS) is 11.5. The molecular formula is C18H12F3N7OS. The van der Waals surface area contributed by atoms with Gasteiger partial charge in [0, 0.05) is 24.0 Å².